The van der Waals surface area contributed by atoms with Crippen LogP contribution in [0.4, 0.5) is 0 Å². The minimum absolute atomic E-state index is 0.386. The van der Waals surface area contributed by atoms with E-state index in [1.165, 1.54) is 31.2 Å². The van der Waals surface area contributed by atoms with E-state index in [2.05, 4.69) is 32.2 Å². The summed E-state index contributed by atoms with van der Waals surface area (Å²) >= 11 is 12.7. The van der Waals surface area contributed by atoms with E-state index in [0.29, 0.717) is 22.3 Å². The van der Waals surface area contributed by atoms with Gasteiger partial charge in [0.05, 0.1) is 10.0 Å². The summed E-state index contributed by atoms with van der Waals surface area (Å²) in [5, 5.41) is 5.02. The van der Waals surface area contributed by atoms with Crippen LogP contribution < -0.4 is 5.32 Å². The first-order valence-electron chi connectivity index (χ1n) is 8.09. The largest absolute Gasteiger partial charge is 0.316 e. The van der Waals surface area contributed by atoms with E-state index < -0.39 is 0 Å². The molecule has 21 heavy (non-hydrogen) atoms. The Hall–Kier alpha value is -0.240. The van der Waals surface area contributed by atoms with Crippen LogP contribution >= 0.6 is 23.2 Å². The highest BCUT2D eigenvalue weighted by molar-refractivity contribution is 6.42. The Labute approximate surface area is 139 Å². The van der Waals surface area contributed by atoms with E-state index in [1.807, 2.05) is 12.1 Å². The molecule has 1 aliphatic carbocycles. The first-order valence-corrected chi connectivity index (χ1v) is 8.85. The molecule has 2 rings (SSSR count). The van der Waals surface area contributed by atoms with Crippen LogP contribution in [0.15, 0.2) is 18.2 Å². The number of rotatable bonds is 5. The van der Waals surface area contributed by atoms with Gasteiger partial charge in [0.25, 0.3) is 0 Å². The second-order valence-electron chi connectivity index (χ2n) is 7.12. The molecule has 1 aliphatic rings. The molecular formula is C18H27Cl2N. The van der Waals surface area contributed by atoms with Gasteiger partial charge in [-0.15, -0.1) is 0 Å². The lowest BCUT2D eigenvalue weighted by molar-refractivity contribution is 0.160. The van der Waals surface area contributed by atoms with Crippen molar-refractivity contribution >= 4 is 23.2 Å². The molecule has 1 aromatic rings. The maximum Gasteiger partial charge on any atom is 0.0627 e. The Kier molecular flexibility index (Phi) is 5.99. The predicted octanol–water partition coefficient (Wildman–Crippen LogP) is 5.90. The summed E-state index contributed by atoms with van der Waals surface area (Å²) in [5.74, 6) is 1.16. The number of benzene rings is 1. The van der Waals surface area contributed by atoms with Gasteiger partial charge in [-0.25, -0.2) is 0 Å². The predicted molar refractivity (Wildman–Crippen MR) is 93.5 cm³/mol. The lowest BCUT2D eigenvalue weighted by atomic mass is 9.65. The van der Waals surface area contributed by atoms with E-state index in [4.69, 9.17) is 23.2 Å². The molecule has 1 saturated carbocycles. The molecule has 118 valence electrons. The van der Waals surface area contributed by atoms with Crippen molar-refractivity contribution in [2.75, 3.05) is 13.1 Å². The van der Waals surface area contributed by atoms with Crippen molar-refractivity contribution in [3.63, 3.8) is 0 Å². The average molecular weight is 328 g/mol. The third-order valence-corrected chi connectivity index (χ3v) is 5.58. The van der Waals surface area contributed by atoms with Gasteiger partial charge in [-0.2, -0.15) is 0 Å². The fourth-order valence-electron chi connectivity index (χ4n) is 3.52. The second kappa shape index (κ2) is 7.35. The molecule has 2 atom stereocenters. The first kappa shape index (κ1) is 17.1. The molecule has 1 N–H and O–H groups in total. The highest BCUT2D eigenvalue weighted by Crippen LogP contribution is 2.48. The number of nitrogens with one attached hydrogen (secondary N) is 1. The summed E-state index contributed by atoms with van der Waals surface area (Å²) < 4.78 is 0. The summed E-state index contributed by atoms with van der Waals surface area (Å²) in [5.41, 5.74) is 1.62. The summed E-state index contributed by atoms with van der Waals surface area (Å²) in [6, 6.07) is 6.07. The van der Waals surface area contributed by atoms with Crippen LogP contribution in [0.1, 0.15) is 57.9 Å². The molecule has 0 saturated heterocycles. The molecule has 1 fully saturated rings. The van der Waals surface area contributed by atoms with E-state index >= 15 is 0 Å². The van der Waals surface area contributed by atoms with Gasteiger partial charge in [0, 0.05) is 0 Å². The SMILES string of the molecule is CCCNCC1CCC(C)(C)CC1c1cccc(Cl)c1Cl. The molecule has 0 aliphatic heterocycles. The third-order valence-electron chi connectivity index (χ3n) is 4.75. The minimum Gasteiger partial charge on any atom is -0.316 e. The molecule has 0 radical (unpaired) electrons. The fourth-order valence-corrected chi connectivity index (χ4v) is 3.97. The van der Waals surface area contributed by atoms with Crippen LogP contribution in [-0.2, 0) is 0 Å². The summed E-state index contributed by atoms with van der Waals surface area (Å²) in [4.78, 5) is 0. The molecule has 0 bridgehead atoms. The molecule has 1 nitrogen and oxygen atoms in total. The van der Waals surface area contributed by atoms with E-state index in [1.54, 1.807) is 0 Å². The van der Waals surface area contributed by atoms with Crippen LogP contribution in [0.5, 0.6) is 0 Å². The van der Waals surface area contributed by atoms with Crippen molar-refractivity contribution in [1.29, 1.82) is 0 Å². The second-order valence-corrected chi connectivity index (χ2v) is 7.91. The van der Waals surface area contributed by atoms with Gasteiger partial charge in [0.2, 0.25) is 0 Å². The monoisotopic (exact) mass is 327 g/mol. The van der Waals surface area contributed by atoms with E-state index in [-0.39, 0.29) is 0 Å². The van der Waals surface area contributed by atoms with Crippen LogP contribution in [0.25, 0.3) is 0 Å². The first-order chi connectivity index (χ1) is 9.94. The summed E-state index contributed by atoms with van der Waals surface area (Å²) in [6.45, 7) is 9.12. The van der Waals surface area contributed by atoms with E-state index in [9.17, 15) is 0 Å². The highest BCUT2D eigenvalue weighted by atomic mass is 35.5. The molecule has 0 heterocycles. The average Bonchev–Trinajstić information content (AvgIpc) is 2.43. The summed E-state index contributed by atoms with van der Waals surface area (Å²) in [7, 11) is 0. The Balaban J connectivity index is 2.22. The molecular weight excluding hydrogens is 301 g/mol. The standard InChI is InChI=1S/C18H27Cl2N/c1-4-10-21-12-13-8-9-18(2,3)11-15(13)14-6-5-7-16(19)17(14)20/h5-7,13,15,21H,4,8-12H2,1-3H3. The van der Waals surface area contributed by atoms with Crippen molar-refractivity contribution in [3.8, 4) is 0 Å². The van der Waals surface area contributed by atoms with Crippen molar-refractivity contribution < 1.29 is 0 Å². The molecule has 0 amide bonds. The highest BCUT2D eigenvalue weighted by Gasteiger charge is 2.36. The quantitative estimate of drug-likeness (QED) is 0.663. The van der Waals surface area contributed by atoms with Gasteiger partial charge >= 0.3 is 0 Å². The lowest BCUT2D eigenvalue weighted by Crippen LogP contribution is -2.35. The molecule has 0 spiro atoms. The Morgan fingerprint density at radius 3 is 2.76 bits per heavy atom. The van der Waals surface area contributed by atoms with Gasteiger partial charge in [-0.3, -0.25) is 0 Å². The van der Waals surface area contributed by atoms with Crippen LogP contribution in [-0.4, -0.2) is 13.1 Å². The molecule has 3 heteroatoms. The van der Waals surface area contributed by atoms with E-state index in [0.717, 1.165) is 18.1 Å². The van der Waals surface area contributed by atoms with Crippen LogP contribution in [0.3, 0.4) is 0 Å². The normalized spacial score (nSPS) is 25.0. The smallest absolute Gasteiger partial charge is 0.0627 e. The van der Waals surface area contributed by atoms with Crippen molar-refractivity contribution in [3.05, 3.63) is 33.8 Å². The minimum atomic E-state index is 0.386. The van der Waals surface area contributed by atoms with Crippen LogP contribution in [0.2, 0.25) is 10.0 Å². The molecule has 0 aromatic heterocycles. The molecule has 1 aromatic carbocycles. The van der Waals surface area contributed by atoms with Crippen molar-refractivity contribution in [1.82, 2.24) is 5.32 Å². The lowest BCUT2D eigenvalue weighted by Gasteiger charge is -2.41. The number of halogens is 2. The zero-order chi connectivity index (χ0) is 15.5. The van der Waals surface area contributed by atoms with Crippen molar-refractivity contribution in [2.45, 2.75) is 52.4 Å². The third kappa shape index (κ3) is 4.37. The maximum atomic E-state index is 6.49. The Bertz CT molecular complexity index is 470. The number of hydrogen-bond donors (Lipinski definition) is 1. The van der Waals surface area contributed by atoms with Gasteiger partial charge in [-0.05, 0) is 67.7 Å². The topological polar surface area (TPSA) is 12.0 Å². The fraction of sp³-hybridized carbons (Fsp3) is 0.667. The zero-order valence-electron chi connectivity index (χ0n) is 13.4. The van der Waals surface area contributed by atoms with Gasteiger partial charge in [-0.1, -0.05) is 56.1 Å². The Morgan fingerprint density at radius 2 is 2.05 bits per heavy atom. The summed E-state index contributed by atoms with van der Waals surface area (Å²) in [6.07, 6.45) is 4.92. The van der Waals surface area contributed by atoms with Gasteiger partial charge in [0.15, 0.2) is 0 Å². The van der Waals surface area contributed by atoms with Crippen molar-refractivity contribution in [2.24, 2.45) is 11.3 Å². The zero-order valence-corrected chi connectivity index (χ0v) is 14.9. The maximum absolute atomic E-state index is 6.49. The molecule has 2 unspecified atom stereocenters. The Morgan fingerprint density at radius 1 is 1.29 bits per heavy atom. The van der Waals surface area contributed by atoms with Crippen LogP contribution in [0, 0.1) is 11.3 Å². The number of hydrogen-bond acceptors (Lipinski definition) is 1. The van der Waals surface area contributed by atoms with Gasteiger partial charge < -0.3 is 5.32 Å². The van der Waals surface area contributed by atoms with Gasteiger partial charge in [0.1, 0.15) is 0 Å².